The van der Waals surface area contributed by atoms with Gasteiger partial charge in [-0.2, -0.15) is 0 Å². The summed E-state index contributed by atoms with van der Waals surface area (Å²) in [6.45, 7) is -0.100. The van der Waals surface area contributed by atoms with E-state index in [0.717, 1.165) is 33.0 Å². The van der Waals surface area contributed by atoms with Crippen molar-refractivity contribution in [1.29, 1.82) is 0 Å². The highest BCUT2D eigenvalue weighted by Crippen LogP contribution is 2.33. The zero-order valence-electron chi connectivity index (χ0n) is 10.9. The van der Waals surface area contributed by atoms with Crippen LogP contribution in [0.1, 0.15) is 5.69 Å². The zero-order valence-corrected chi connectivity index (χ0v) is 12.5. The van der Waals surface area contributed by atoms with Crippen LogP contribution in [0.4, 0.5) is 0 Å². The minimum Gasteiger partial charge on any atom is -0.496 e. The molecule has 0 aliphatic rings. The number of fused-ring (bicyclic) bond motifs is 1. The van der Waals surface area contributed by atoms with Crippen molar-refractivity contribution in [2.24, 2.45) is 0 Å². The Morgan fingerprint density at radius 3 is 2.75 bits per heavy atom. The number of aromatic nitrogens is 2. The zero-order chi connectivity index (χ0) is 14.1. The first-order valence-electron chi connectivity index (χ1n) is 6.16. The van der Waals surface area contributed by atoms with Crippen LogP contribution in [-0.2, 0) is 6.61 Å². The van der Waals surface area contributed by atoms with Gasteiger partial charge in [-0.3, -0.25) is 4.40 Å². The van der Waals surface area contributed by atoms with Crippen LogP contribution in [0.2, 0.25) is 0 Å². The summed E-state index contributed by atoms with van der Waals surface area (Å²) in [5.74, 6) is 0.738. The molecule has 1 N–H and O–H groups in total. The summed E-state index contributed by atoms with van der Waals surface area (Å²) >= 11 is 3.49. The van der Waals surface area contributed by atoms with E-state index in [1.807, 2.05) is 46.9 Å². The van der Waals surface area contributed by atoms with Gasteiger partial charge in [0, 0.05) is 5.56 Å². The van der Waals surface area contributed by atoms with Gasteiger partial charge in [0.25, 0.3) is 0 Å². The van der Waals surface area contributed by atoms with Crippen LogP contribution < -0.4 is 4.74 Å². The Labute approximate surface area is 124 Å². The highest BCUT2D eigenvalue weighted by molar-refractivity contribution is 9.10. The molecule has 3 aromatic rings. The Bertz CT molecular complexity index is 768. The topological polar surface area (TPSA) is 46.8 Å². The predicted octanol–water partition coefficient (Wildman–Crippen LogP) is 3.26. The number of imidazole rings is 1. The van der Waals surface area contributed by atoms with Gasteiger partial charge >= 0.3 is 0 Å². The molecular formula is C15H13BrN2O2. The molecule has 1 aromatic carbocycles. The average molecular weight is 333 g/mol. The van der Waals surface area contributed by atoms with Crippen LogP contribution in [0, 0.1) is 0 Å². The molecule has 4 nitrogen and oxygen atoms in total. The lowest BCUT2D eigenvalue weighted by atomic mass is 10.1. The number of aliphatic hydroxyl groups excluding tert-OH is 1. The van der Waals surface area contributed by atoms with Gasteiger partial charge in [0.2, 0.25) is 0 Å². The average Bonchev–Trinajstić information content (AvgIpc) is 2.87. The van der Waals surface area contributed by atoms with E-state index >= 15 is 0 Å². The summed E-state index contributed by atoms with van der Waals surface area (Å²) in [6, 6.07) is 13.4. The maximum Gasteiger partial charge on any atom is 0.138 e. The fraction of sp³-hybridized carbons (Fsp3) is 0.133. The van der Waals surface area contributed by atoms with Crippen LogP contribution in [-0.4, -0.2) is 21.6 Å². The van der Waals surface area contributed by atoms with Gasteiger partial charge in [0.15, 0.2) is 0 Å². The third-order valence-corrected chi connectivity index (χ3v) is 3.82. The molecule has 102 valence electrons. The van der Waals surface area contributed by atoms with Crippen molar-refractivity contribution in [3.63, 3.8) is 0 Å². The van der Waals surface area contributed by atoms with E-state index in [2.05, 4.69) is 20.9 Å². The highest BCUT2D eigenvalue weighted by atomic mass is 79.9. The van der Waals surface area contributed by atoms with Crippen molar-refractivity contribution in [2.75, 3.05) is 7.11 Å². The number of ether oxygens (including phenoxy) is 1. The van der Waals surface area contributed by atoms with Gasteiger partial charge in [-0.25, -0.2) is 4.98 Å². The maximum atomic E-state index is 9.73. The lowest BCUT2D eigenvalue weighted by molar-refractivity contribution is 0.276. The van der Waals surface area contributed by atoms with E-state index < -0.39 is 0 Å². The Kier molecular flexibility index (Phi) is 3.46. The highest BCUT2D eigenvalue weighted by Gasteiger charge is 2.17. The molecule has 0 fully saturated rings. The number of para-hydroxylation sites is 1. The summed E-state index contributed by atoms with van der Waals surface area (Å²) in [4.78, 5) is 4.62. The molecule has 0 aliphatic heterocycles. The normalized spacial score (nSPS) is 10.9. The van der Waals surface area contributed by atoms with E-state index in [9.17, 15) is 5.11 Å². The van der Waals surface area contributed by atoms with Crippen LogP contribution in [0.15, 0.2) is 47.1 Å². The number of aliphatic hydroxyl groups is 1. The number of rotatable bonds is 3. The molecule has 3 rings (SSSR count). The van der Waals surface area contributed by atoms with Crippen LogP contribution in [0.25, 0.3) is 16.9 Å². The van der Waals surface area contributed by atoms with Crippen molar-refractivity contribution in [3.8, 4) is 17.0 Å². The molecular weight excluding hydrogens is 320 g/mol. The molecule has 0 radical (unpaired) electrons. The summed E-state index contributed by atoms with van der Waals surface area (Å²) < 4.78 is 8.13. The first kappa shape index (κ1) is 13.1. The van der Waals surface area contributed by atoms with Gasteiger partial charge in [0.1, 0.15) is 11.4 Å². The van der Waals surface area contributed by atoms with E-state index in [4.69, 9.17) is 4.74 Å². The number of hydrogen-bond acceptors (Lipinski definition) is 3. The number of hydrogen-bond donors (Lipinski definition) is 1. The van der Waals surface area contributed by atoms with Gasteiger partial charge in [0.05, 0.1) is 29.7 Å². The molecule has 0 unspecified atom stereocenters. The predicted molar refractivity (Wildman–Crippen MR) is 80.8 cm³/mol. The number of pyridine rings is 1. The van der Waals surface area contributed by atoms with Crippen molar-refractivity contribution in [1.82, 2.24) is 9.38 Å². The first-order chi connectivity index (χ1) is 9.76. The largest absolute Gasteiger partial charge is 0.496 e. The van der Waals surface area contributed by atoms with Gasteiger partial charge in [-0.1, -0.05) is 18.2 Å². The van der Waals surface area contributed by atoms with Gasteiger partial charge < -0.3 is 9.84 Å². The number of methoxy groups -OCH3 is 1. The fourth-order valence-corrected chi connectivity index (χ4v) is 2.86. The summed E-state index contributed by atoms with van der Waals surface area (Å²) in [5.41, 5.74) is 3.12. The van der Waals surface area contributed by atoms with Crippen molar-refractivity contribution in [2.45, 2.75) is 6.61 Å². The fourth-order valence-electron chi connectivity index (χ4n) is 2.31. The lowest BCUT2D eigenvalue weighted by Gasteiger charge is -2.07. The molecule has 2 aromatic heterocycles. The van der Waals surface area contributed by atoms with Gasteiger partial charge in [-0.15, -0.1) is 0 Å². The van der Waals surface area contributed by atoms with Crippen molar-refractivity contribution < 1.29 is 9.84 Å². The molecule has 5 heteroatoms. The third kappa shape index (κ3) is 1.99. The van der Waals surface area contributed by atoms with Crippen LogP contribution >= 0.6 is 15.9 Å². The minimum atomic E-state index is -0.100. The molecule has 0 saturated carbocycles. The Morgan fingerprint density at radius 2 is 2.00 bits per heavy atom. The summed E-state index contributed by atoms with van der Waals surface area (Å²) in [5, 5.41) is 9.73. The second-order valence-corrected chi connectivity index (χ2v) is 5.12. The smallest absolute Gasteiger partial charge is 0.138 e. The maximum absolute atomic E-state index is 9.73. The van der Waals surface area contributed by atoms with Crippen molar-refractivity contribution >= 4 is 21.6 Å². The minimum absolute atomic E-state index is 0.100. The molecule has 0 atom stereocenters. The van der Waals surface area contributed by atoms with E-state index in [1.165, 1.54) is 0 Å². The number of halogens is 1. The van der Waals surface area contributed by atoms with Crippen LogP contribution in [0.5, 0.6) is 5.75 Å². The second kappa shape index (κ2) is 5.26. The molecule has 2 heterocycles. The molecule has 0 saturated heterocycles. The quantitative estimate of drug-likeness (QED) is 0.749. The standard InChI is InChI=1S/C15H13BrN2O2/c1-20-12-6-3-2-5-10(12)15-11(9-19)18-13(16)7-4-8-14(18)17-15/h2-8,19H,9H2,1H3. The summed E-state index contributed by atoms with van der Waals surface area (Å²) in [7, 11) is 1.63. The molecule has 20 heavy (non-hydrogen) atoms. The lowest BCUT2D eigenvalue weighted by Crippen LogP contribution is -1.96. The van der Waals surface area contributed by atoms with Crippen LogP contribution in [0.3, 0.4) is 0 Å². The first-order valence-corrected chi connectivity index (χ1v) is 6.95. The van der Waals surface area contributed by atoms with E-state index in [-0.39, 0.29) is 6.61 Å². The van der Waals surface area contributed by atoms with E-state index in [1.54, 1.807) is 7.11 Å². The second-order valence-electron chi connectivity index (χ2n) is 4.31. The third-order valence-electron chi connectivity index (χ3n) is 3.20. The monoisotopic (exact) mass is 332 g/mol. The molecule has 0 aliphatic carbocycles. The Morgan fingerprint density at radius 1 is 1.20 bits per heavy atom. The van der Waals surface area contributed by atoms with Crippen molar-refractivity contribution in [3.05, 3.63) is 52.8 Å². The Balaban J connectivity index is 2.34. The summed E-state index contributed by atoms with van der Waals surface area (Å²) in [6.07, 6.45) is 0. The molecule has 0 amide bonds. The number of nitrogens with zero attached hydrogens (tertiary/aromatic N) is 2. The van der Waals surface area contributed by atoms with Gasteiger partial charge in [-0.05, 0) is 40.2 Å². The number of benzene rings is 1. The Hall–Kier alpha value is -1.85. The molecule has 0 spiro atoms. The molecule has 0 bridgehead atoms. The van der Waals surface area contributed by atoms with E-state index in [0.29, 0.717) is 0 Å². The SMILES string of the molecule is COc1ccccc1-c1nc2cccc(Br)n2c1CO.